The lowest BCUT2D eigenvalue weighted by Gasteiger charge is -2.19. The molecule has 0 heterocycles. The van der Waals surface area contributed by atoms with E-state index in [1.165, 1.54) is 12.1 Å². The highest BCUT2D eigenvalue weighted by atomic mass is 35.5. The van der Waals surface area contributed by atoms with Crippen molar-refractivity contribution >= 4 is 23.4 Å². The van der Waals surface area contributed by atoms with Crippen LogP contribution in [0.5, 0.6) is 0 Å². The Balaban J connectivity index is 2.62. The highest BCUT2D eigenvalue weighted by molar-refractivity contribution is 7.98. The summed E-state index contributed by atoms with van der Waals surface area (Å²) in [7, 11) is 0. The summed E-state index contributed by atoms with van der Waals surface area (Å²) < 4.78 is 13.0. The first kappa shape index (κ1) is 15.8. The van der Waals surface area contributed by atoms with E-state index in [-0.39, 0.29) is 5.82 Å². The summed E-state index contributed by atoms with van der Waals surface area (Å²) in [5, 5.41) is 4.06. The molecule has 1 atom stereocenters. The summed E-state index contributed by atoms with van der Waals surface area (Å²) in [5.74, 6) is 0.853. The average molecular weight is 290 g/mol. The van der Waals surface area contributed by atoms with Gasteiger partial charge in [-0.05, 0) is 55.5 Å². The van der Waals surface area contributed by atoms with E-state index >= 15 is 0 Å². The molecule has 0 aliphatic carbocycles. The van der Waals surface area contributed by atoms with Gasteiger partial charge in [-0.25, -0.2) is 4.39 Å². The second-order valence-electron chi connectivity index (χ2n) is 4.37. The summed E-state index contributed by atoms with van der Waals surface area (Å²) in [6.45, 7) is 3.17. The Bertz CT molecular complexity index is 352. The SMILES string of the molecule is CCCNC(CCSC)Cc1ccc(F)cc1Cl. The van der Waals surface area contributed by atoms with Crippen LogP contribution in [-0.4, -0.2) is 24.6 Å². The number of nitrogens with one attached hydrogen (secondary N) is 1. The molecule has 0 spiro atoms. The van der Waals surface area contributed by atoms with E-state index < -0.39 is 0 Å². The first-order valence-corrected chi connectivity index (χ1v) is 8.10. The van der Waals surface area contributed by atoms with Gasteiger partial charge >= 0.3 is 0 Å². The first-order valence-electron chi connectivity index (χ1n) is 6.33. The van der Waals surface area contributed by atoms with Crippen LogP contribution in [0, 0.1) is 5.82 Å². The minimum atomic E-state index is -0.272. The van der Waals surface area contributed by atoms with Crippen molar-refractivity contribution in [1.82, 2.24) is 5.32 Å². The van der Waals surface area contributed by atoms with Crippen molar-refractivity contribution in [2.24, 2.45) is 0 Å². The largest absolute Gasteiger partial charge is 0.314 e. The molecule has 4 heteroatoms. The summed E-state index contributed by atoms with van der Waals surface area (Å²) in [6.07, 6.45) is 5.20. The molecule has 0 aliphatic heterocycles. The average Bonchev–Trinajstić information content (AvgIpc) is 2.35. The van der Waals surface area contributed by atoms with E-state index in [0.29, 0.717) is 11.1 Å². The van der Waals surface area contributed by atoms with E-state index in [9.17, 15) is 4.39 Å². The zero-order valence-electron chi connectivity index (χ0n) is 11.0. The van der Waals surface area contributed by atoms with Crippen molar-refractivity contribution in [3.63, 3.8) is 0 Å². The van der Waals surface area contributed by atoms with Crippen molar-refractivity contribution in [1.29, 1.82) is 0 Å². The molecule has 0 fully saturated rings. The standard InChI is InChI=1S/C14H21ClFNS/c1-3-7-17-13(6-8-18-2)9-11-4-5-12(16)10-14(11)15/h4-5,10,13,17H,3,6-9H2,1-2H3. The molecule has 0 aromatic heterocycles. The predicted octanol–water partition coefficient (Wildman–Crippen LogP) is 4.14. The Hall–Kier alpha value is -0.250. The van der Waals surface area contributed by atoms with Crippen LogP contribution in [0.1, 0.15) is 25.3 Å². The molecule has 0 saturated carbocycles. The van der Waals surface area contributed by atoms with Crippen LogP contribution in [0.25, 0.3) is 0 Å². The van der Waals surface area contributed by atoms with Crippen molar-refractivity contribution in [3.05, 3.63) is 34.6 Å². The molecule has 18 heavy (non-hydrogen) atoms. The third-order valence-electron chi connectivity index (χ3n) is 2.83. The summed E-state index contributed by atoms with van der Waals surface area (Å²) >= 11 is 7.92. The molecule has 0 bridgehead atoms. The van der Waals surface area contributed by atoms with Crippen molar-refractivity contribution in [2.75, 3.05) is 18.6 Å². The molecule has 1 aromatic rings. The topological polar surface area (TPSA) is 12.0 Å². The lowest BCUT2D eigenvalue weighted by atomic mass is 10.0. The van der Waals surface area contributed by atoms with Crippen LogP contribution in [0.15, 0.2) is 18.2 Å². The van der Waals surface area contributed by atoms with Crippen molar-refractivity contribution < 1.29 is 4.39 Å². The monoisotopic (exact) mass is 289 g/mol. The fraction of sp³-hybridized carbons (Fsp3) is 0.571. The Morgan fingerprint density at radius 1 is 1.44 bits per heavy atom. The van der Waals surface area contributed by atoms with Gasteiger partial charge in [0, 0.05) is 11.1 Å². The quantitative estimate of drug-likeness (QED) is 0.772. The molecule has 1 unspecified atom stereocenters. The number of rotatable bonds is 8. The third kappa shape index (κ3) is 5.59. The number of benzene rings is 1. The van der Waals surface area contributed by atoms with E-state index in [2.05, 4.69) is 18.5 Å². The number of hydrogen-bond donors (Lipinski definition) is 1. The Kier molecular flexibility index (Phi) is 7.71. The van der Waals surface area contributed by atoms with Gasteiger partial charge in [0.2, 0.25) is 0 Å². The highest BCUT2D eigenvalue weighted by Gasteiger charge is 2.11. The van der Waals surface area contributed by atoms with Gasteiger partial charge in [0.1, 0.15) is 5.82 Å². The molecule has 1 N–H and O–H groups in total. The molecule has 0 aliphatic rings. The molecule has 1 nitrogen and oxygen atoms in total. The fourth-order valence-corrected chi connectivity index (χ4v) is 2.60. The fourth-order valence-electron chi connectivity index (χ4n) is 1.84. The van der Waals surface area contributed by atoms with Crippen LogP contribution in [0.4, 0.5) is 4.39 Å². The molecule has 1 aromatic carbocycles. The van der Waals surface area contributed by atoms with Gasteiger partial charge in [0.25, 0.3) is 0 Å². The van der Waals surface area contributed by atoms with Gasteiger partial charge < -0.3 is 5.32 Å². The summed E-state index contributed by atoms with van der Waals surface area (Å²) in [4.78, 5) is 0. The Morgan fingerprint density at radius 2 is 2.22 bits per heavy atom. The van der Waals surface area contributed by atoms with Crippen LogP contribution in [-0.2, 0) is 6.42 Å². The van der Waals surface area contributed by atoms with Gasteiger partial charge in [-0.15, -0.1) is 0 Å². The maximum absolute atomic E-state index is 13.0. The molecular formula is C14H21ClFNS. The van der Waals surface area contributed by atoms with Gasteiger partial charge in [0.15, 0.2) is 0 Å². The van der Waals surface area contributed by atoms with Gasteiger partial charge in [-0.3, -0.25) is 0 Å². The predicted molar refractivity (Wildman–Crippen MR) is 80.2 cm³/mol. The number of hydrogen-bond acceptors (Lipinski definition) is 2. The van der Waals surface area contributed by atoms with Gasteiger partial charge in [0.05, 0.1) is 0 Å². The molecule has 102 valence electrons. The van der Waals surface area contributed by atoms with E-state index in [4.69, 9.17) is 11.6 Å². The van der Waals surface area contributed by atoms with Crippen LogP contribution in [0.3, 0.4) is 0 Å². The maximum atomic E-state index is 13.0. The Morgan fingerprint density at radius 3 is 2.83 bits per heavy atom. The van der Waals surface area contributed by atoms with E-state index in [1.807, 2.05) is 11.8 Å². The van der Waals surface area contributed by atoms with Crippen LogP contribution in [0.2, 0.25) is 5.02 Å². The van der Waals surface area contributed by atoms with Gasteiger partial charge in [-0.1, -0.05) is 24.6 Å². The normalized spacial score (nSPS) is 12.7. The number of thioether (sulfide) groups is 1. The lowest BCUT2D eigenvalue weighted by Crippen LogP contribution is -2.32. The lowest BCUT2D eigenvalue weighted by molar-refractivity contribution is 0.497. The van der Waals surface area contributed by atoms with E-state index in [0.717, 1.165) is 37.1 Å². The van der Waals surface area contributed by atoms with Crippen LogP contribution < -0.4 is 5.32 Å². The zero-order valence-corrected chi connectivity index (χ0v) is 12.6. The summed E-state index contributed by atoms with van der Waals surface area (Å²) in [5.41, 5.74) is 1.02. The minimum Gasteiger partial charge on any atom is -0.314 e. The molecular weight excluding hydrogens is 269 g/mol. The van der Waals surface area contributed by atoms with Crippen molar-refractivity contribution in [3.8, 4) is 0 Å². The second kappa shape index (κ2) is 8.78. The third-order valence-corrected chi connectivity index (χ3v) is 3.83. The molecule has 1 rings (SSSR count). The van der Waals surface area contributed by atoms with Crippen LogP contribution >= 0.6 is 23.4 Å². The maximum Gasteiger partial charge on any atom is 0.124 e. The van der Waals surface area contributed by atoms with Gasteiger partial charge in [-0.2, -0.15) is 11.8 Å². The second-order valence-corrected chi connectivity index (χ2v) is 5.77. The zero-order chi connectivity index (χ0) is 13.4. The minimum absolute atomic E-state index is 0.272. The summed E-state index contributed by atoms with van der Waals surface area (Å²) in [6, 6.07) is 5.08. The Labute approximate surface area is 118 Å². The molecule has 0 amide bonds. The molecule has 0 saturated heterocycles. The molecule has 0 radical (unpaired) electrons. The van der Waals surface area contributed by atoms with E-state index in [1.54, 1.807) is 6.07 Å². The first-order chi connectivity index (χ1) is 8.67. The number of halogens is 2. The highest BCUT2D eigenvalue weighted by Crippen LogP contribution is 2.20. The van der Waals surface area contributed by atoms with Crippen molar-refractivity contribution in [2.45, 2.75) is 32.2 Å². The smallest absolute Gasteiger partial charge is 0.124 e.